The first kappa shape index (κ1) is 12.5. The van der Waals surface area contributed by atoms with Crippen LogP contribution in [0.1, 0.15) is 49.9 Å². The summed E-state index contributed by atoms with van der Waals surface area (Å²) in [6, 6.07) is 2.07. The highest BCUT2D eigenvalue weighted by Crippen LogP contribution is 2.32. The summed E-state index contributed by atoms with van der Waals surface area (Å²) in [5.41, 5.74) is 2.57. The lowest BCUT2D eigenvalue weighted by Gasteiger charge is -2.06. The molecule has 0 atom stereocenters. The lowest BCUT2D eigenvalue weighted by Crippen LogP contribution is -2.10. The van der Waals surface area contributed by atoms with Crippen LogP contribution < -0.4 is 5.32 Å². The molecule has 5 heteroatoms. The molecule has 1 N–H and O–H groups in total. The van der Waals surface area contributed by atoms with E-state index in [1.807, 2.05) is 0 Å². The molecule has 0 unspecified atom stereocenters. The van der Waals surface area contributed by atoms with Gasteiger partial charge in [0, 0.05) is 9.75 Å². The molecule has 0 aromatic carbocycles. The maximum absolute atomic E-state index is 12.3. The molecule has 0 radical (unpaired) electrons. The minimum absolute atomic E-state index is 0.00972. The first-order chi connectivity index (χ1) is 9.79. The van der Waals surface area contributed by atoms with Crippen LogP contribution in [0.15, 0.2) is 6.07 Å². The van der Waals surface area contributed by atoms with Crippen molar-refractivity contribution in [3.63, 3.8) is 0 Å². The van der Waals surface area contributed by atoms with Gasteiger partial charge in [0.15, 0.2) is 5.13 Å². The number of thiophene rings is 1. The van der Waals surface area contributed by atoms with Crippen molar-refractivity contribution in [1.29, 1.82) is 0 Å². The van der Waals surface area contributed by atoms with Crippen molar-refractivity contribution in [2.75, 3.05) is 5.32 Å². The van der Waals surface area contributed by atoms with Crippen LogP contribution in [-0.4, -0.2) is 10.9 Å². The number of amides is 1. The van der Waals surface area contributed by atoms with Crippen LogP contribution in [0.3, 0.4) is 0 Å². The summed E-state index contributed by atoms with van der Waals surface area (Å²) in [6.07, 6.45) is 8.17. The predicted octanol–water partition coefficient (Wildman–Crippen LogP) is 3.82. The molecule has 0 saturated carbocycles. The maximum atomic E-state index is 12.3. The summed E-state index contributed by atoms with van der Waals surface area (Å²) in [6.45, 7) is 0. The van der Waals surface area contributed by atoms with Crippen molar-refractivity contribution in [3.05, 3.63) is 32.0 Å². The molecule has 2 aliphatic carbocycles. The van der Waals surface area contributed by atoms with Gasteiger partial charge in [0.05, 0.1) is 10.6 Å². The van der Waals surface area contributed by atoms with E-state index in [-0.39, 0.29) is 5.91 Å². The molecule has 4 rings (SSSR count). The van der Waals surface area contributed by atoms with E-state index >= 15 is 0 Å². The van der Waals surface area contributed by atoms with Crippen molar-refractivity contribution in [3.8, 4) is 0 Å². The van der Waals surface area contributed by atoms with Gasteiger partial charge in [-0.15, -0.1) is 22.7 Å². The molecular formula is C15H16N2OS2. The van der Waals surface area contributed by atoms with E-state index in [9.17, 15) is 4.79 Å². The molecule has 2 aliphatic rings. The van der Waals surface area contributed by atoms with Gasteiger partial charge in [-0.05, 0) is 56.6 Å². The number of hydrogen-bond acceptors (Lipinski definition) is 4. The highest BCUT2D eigenvalue weighted by molar-refractivity contribution is 7.16. The second-order valence-electron chi connectivity index (χ2n) is 5.46. The largest absolute Gasteiger partial charge is 0.297 e. The minimum atomic E-state index is 0.00972. The summed E-state index contributed by atoms with van der Waals surface area (Å²) in [4.78, 5) is 20.5. The SMILES string of the molecule is O=C(Nc1nc2c(s1)CCCC2)c1cc2c(s1)CCC2. The fourth-order valence-electron chi connectivity index (χ4n) is 3.01. The Morgan fingerprint density at radius 1 is 1.05 bits per heavy atom. The van der Waals surface area contributed by atoms with E-state index in [4.69, 9.17) is 0 Å². The van der Waals surface area contributed by atoms with E-state index in [1.54, 1.807) is 22.7 Å². The van der Waals surface area contributed by atoms with Crippen LogP contribution in [-0.2, 0) is 25.7 Å². The fourth-order valence-corrected chi connectivity index (χ4v) is 5.20. The van der Waals surface area contributed by atoms with Crippen LogP contribution in [0.2, 0.25) is 0 Å². The predicted molar refractivity (Wildman–Crippen MR) is 83.1 cm³/mol. The molecule has 20 heavy (non-hydrogen) atoms. The molecule has 0 aliphatic heterocycles. The first-order valence-electron chi connectivity index (χ1n) is 7.21. The van der Waals surface area contributed by atoms with Crippen LogP contribution in [0, 0.1) is 0 Å². The lowest BCUT2D eigenvalue weighted by atomic mass is 10.0. The van der Waals surface area contributed by atoms with Gasteiger partial charge in [0.2, 0.25) is 0 Å². The molecule has 3 nitrogen and oxygen atoms in total. The lowest BCUT2D eigenvalue weighted by molar-refractivity contribution is 0.103. The summed E-state index contributed by atoms with van der Waals surface area (Å²) >= 11 is 3.30. The number of rotatable bonds is 2. The van der Waals surface area contributed by atoms with Crippen LogP contribution in [0.4, 0.5) is 5.13 Å². The Labute approximate surface area is 126 Å². The van der Waals surface area contributed by atoms with Gasteiger partial charge in [-0.25, -0.2) is 4.98 Å². The van der Waals surface area contributed by atoms with Gasteiger partial charge < -0.3 is 0 Å². The molecule has 1 amide bonds. The monoisotopic (exact) mass is 304 g/mol. The zero-order chi connectivity index (χ0) is 13.5. The topological polar surface area (TPSA) is 42.0 Å². The van der Waals surface area contributed by atoms with Gasteiger partial charge in [0.1, 0.15) is 0 Å². The molecule has 104 valence electrons. The Hall–Kier alpha value is -1.20. The van der Waals surface area contributed by atoms with E-state index in [0.717, 1.165) is 35.7 Å². The average molecular weight is 304 g/mol. The summed E-state index contributed by atoms with van der Waals surface area (Å²) in [7, 11) is 0. The maximum Gasteiger partial charge on any atom is 0.267 e. The quantitative estimate of drug-likeness (QED) is 0.916. The Bertz CT molecular complexity index is 626. The van der Waals surface area contributed by atoms with Crippen molar-refractivity contribution < 1.29 is 4.79 Å². The van der Waals surface area contributed by atoms with Crippen LogP contribution in [0.25, 0.3) is 0 Å². The van der Waals surface area contributed by atoms with Crippen molar-refractivity contribution >= 4 is 33.7 Å². The normalized spacial score (nSPS) is 16.8. The highest BCUT2D eigenvalue weighted by Gasteiger charge is 2.20. The van der Waals surface area contributed by atoms with Crippen molar-refractivity contribution in [1.82, 2.24) is 4.98 Å². The number of nitrogens with zero attached hydrogens (tertiary/aromatic N) is 1. The number of fused-ring (bicyclic) bond motifs is 2. The molecule has 2 aromatic heterocycles. The number of aryl methyl sites for hydroxylation is 4. The van der Waals surface area contributed by atoms with Crippen molar-refractivity contribution in [2.45, 2.75) is 44.9 Å². The molecule has 2 heterocycles. The number of thiazole rings is 1. The van der Waals surface area contributed by atoms with Crippen molar-refractivity contribution in [2.24, 2.45) is 0 Å². The molecule has 0 bridgehead atoms. The smallest absolute Gasteiger partial charge is 0.267 e. The van der Waals surface area contributed by atoms with Gasteiger partial charge in [-0.2, -0.15) is 0 Å². The standard InChI is InChI=1S/C15H16N2OS2/c18-14(13-8-9-4-3-7-11(9)19-13)17-15-16-10-5-1-2-6-12(10)20-15/h8H,1-7H2,(H,16,17,18). The van der Waals surface area contributed by atoms with E-state index in [2.05, 4.69) is 16.4 Å². The molecule has 0 fully saturated rings. The third kappa shape index (κ3) is 2.19. The van der Waals surface area contributed by atoms with E-state index in [1.165, 1.54) is 40.3 Å². The van der Waals surface area contributed by atoms with Crippen LogP contribution >= 0.6 is 22.7 Å². The minimum Gasteiger partial charge on any atom is -0.297 e. The number of hydrogen-bond donors (Lipinski definition) is 1. The fraction of sp³-hybridized carbons (Fsp3) is 0.467. The molecule has 2 aromatic rings. The number of carbonyl (C=O) groups is 1. The van der Waals surface area contributed by atoms with Gasteiger partial charge in [0.25, 0.3) is 5.91 Å². The van der Waals surface area contributed by atoms with Crippen LogP contribution in [0.5, 0.6) is 0 Å². The Morgan fingerprint density at radius 3 is 2.75 bits per heavy atom. The summed E-state index contributed by atoms with van der Waals surface area (Å²) in [5, 5.41) is 3.76. The highest BCUT2D eigenvalue weighted by atomic mass is 32.1. The number of anilines is 1. The first-order valence-corrected chi connectivity index (χ1v) is 8.84. The Balaban J connectivity index is 1.53. The zero-order valence-electron chi connectivity index (χ0n) is 11.2. The second-order valence-corrected chi connectivity index (χ2v) is 7.68. The van der Waals surface area contributed by atoms with Gasteiger partial charge in [-0.1, -0.05) is 0 Å². The Morgan fingerprint density at radius 2 is 1.90 bits per heavy atom. The number of aromatic nitrogens is 1. The molecule has 0 saturated heterocycles. The zero-order valence-corrected chi connectivity index (χ0v) is 12.8. The van der Waals surface area contributed by atoms with Gasteiger partial charge in [-0.3, -0.25) is 10.1 Å². The van der Waals surface area contributed by atoms with Gasteiger partial charge >= 0.3 is 0 Å². The molecular weight excluding hydrogens is 288 g/mol. The van der Waals surface area contributed by atoms with E-state index in [0.29, 0.717) is 0 Å². The average Bonchev–Trinajstić information content (AvgIpc) is 3.11. The Kier molecular flexibility index (Phi) is 3.11. The number of carbonyl (C=O) groups excluding carboxylic acids is 1. The van der Waals surface area contributed by atoms with E-state index < -0.39 is 0 Å². The third-order valence-corrected chi connectivity index (χ3v) is 6.35. The summed E-state index contributed by atoms with van der Waals surface area (Å²) in [5.74, 6) is 0.00972. The summed E-state index contributed by atoms with van der Waals surface area (Å²) < 4.78 is 0. The second kappa shape index (κ2) is 4.97. The third-order valence-electron chi connectivity index (χ3n) is 4.04. The molecule has 0 spiro atoms. The number of nitrogens with one attached hydrogen (secondary N) is 1.